The molecule has 3 rings (SSSR count). The van der Waals surface area contributed by atoms with Crippen LogP contribution in [0.15, 0.2) is 54.6 Å². The summed E-state index contributed by atoms with van der Waals surface area (Å²) in [6.07, 6.45) is 1.13. The summed E-state index contributed by atoms with van der Waals surface area (Å²) in [7, 11) is 0. The molecule has 0 aromatic heterocycles. The van der Waals surface area contributed by atoms with Crippen molar-refractivity contribution in [1.29, 1.82) is 16.2 Å². The van der Waals surface area contributed by atoms with E-state index in [2.05, 4.69) is 69.1 Å². The summed E-state index contributed by atoms with van der Waals surface area (Å²) >= 11 is 1.33. The van der Waals surface area contributed by atoms with Crippen LogP contribution in [0.2, 0.25) is 0 Å². The Bertz CT molecular complexity index is 3150. The number of phenols is 1. The fourth-order valence-electron chi connectivity index (χ4n) is 10.1. The number of phenolic OH excluding ortho intramolecular Hbond substituents is 1. The molecule has 11 amide bonds. The summed E-state index contributed by atoms with van der Waals surface area (Å²) in [4.78, 5) is 176. The molecule has 1 heterocycles. The van der Waals surface area contributed by atoms with Gasteiger partial charge in [0.1, 0.15) is 54.1 Å². The van der Waals surface area contributed by atoms with Gasteiger partial charge in [0.05, 0.1) is 25.7 Å². The van der Waals surface area contributed by atoms with Crippen molar-refractivity contribution >= 4 is 107 Å². The van der Waals surface area contributed by atoms with E-state index in [4.69, 9.17) is 44.3 Å². The lowest BCUT2D eigenvalue weighted by atomic mass is 10.0. The molecule has 1 aliphatic rings. The number of thioether (sulfide) groups is 1. The van der Waals surface area contributed by atoms with Crippen LogP contribution in [0.25, 0.3) is 0 Å². The third kappa shape index (κ3) is 32.2. The van der Waals surface area contributed by atoms with Gasteiger partial charge < -0.3 is 112 Å². The van der Waals surface area contributed by atoms with Crippen LogP contribution in [0.3, 0.4) is 0 Å². The fourth-order valence-corrected chi connectivity index (χ4v) is 10.6. The quantitative estimate of drug-likeness (QED) is 0.0167. The second-order valence-corrected chi connectivity index (χ2v) is 24.8. The molecule has 38 heteroatoms. The molecule has 2 aromatic rings. The second-order valence-electron chi connectivity index (χ2n) is 23.8. The van der Waals surface area contributed by atoms with Gasteiger partial charge >= 0.3 is 11.9 Å². The molecule has 0 bridgehead atoms. The molecule has 0 spiro atoms. The predicted molar refractivity (Wildman–Crippen MR) is 367 cm³/mol. The van der Waals surface area contributed by atoms with Gasteiger partial charge in [0, 0.05) is 39.0 Å². The number of carbonyl (C=O) groups is 13. The second kappa shape index (κ2) is 44.4. The summed E-state index contributed by atoms with van der Waals surface area (Å²) in [5.41, 5.74) is 23.7. The van der Waals surface area contributed by atoms with Gasteiger partial charge in [0.2, 0.25) is 65.0 Å². The van der Waals surface area contributed by atoms with E-state index in [1.165, 1.54) is 23.9 Å². The van der Waals surface area contributed by atoms with Gasteiger partial charge in [-0.1, -0.05) is 56.3 Å². The van der Waals surface area contributed by atoms with Crippen LogP contribution >= 0.6 is 11.8 Å². The number of nitrogens with two attached hydrogens (primary N) is 4. The van der Waals surface area contributed by atoms with Gasteiger partial charge in [0.15, 0.2) is 17.9 Å². The normalized spacial score (nSPS) is 14.8. The Morgan fingerprint density at radius 1 is 0.530 bits per heavy atom. The number of nitrogens with one attached hydrogen (secondary N) is 16. The number of hydrogen-bond donors (Lipinski definition) is 23. The van der Waals surface area contributed by atoms with E-state index in [9.17, 15) is 72.5 Å². The summed E-state index contributed by atoms with van der Waals surface area (Å²) in [5.74, 6) is -13.4. The molecular formula is C62H97N21O16S. The van der Waals surface area contributed by atoms with Crippen molar-refractivity contribution in [2.75, 3.05) is 57.8 Å². The zero-order valence-electron chi connectivity index (χ0n) is 56.1. The Labute approximate surface area is 582 Å². The largest absolute Gasteiger partial charge is 0.508 e. The topological polar surface area (TPSA) is 618 Å². The number of rotatable bonds is 45. The van der Waals surface area contributed by atoms with Crippen molar-refractivity contribution in [3.8, 4) is 5.75 Å². The molecule has 9 atom stereocenters. The number of carboxylic acids is 2. The highest BCUT2D eigenvalue weighted by Gasteiger charge is 2.40. The molecule has 1 fully saturated rings. The number of benzene rings is 2. The minimum absolute atomic E-state index is 0.00455. The first-order valence-corrected chi connectivity index (χ1v) is 33.8. The average Bonchev–Trinajstić information content (AvgIpc) is 1.65. The maximum Gasteiger partial charge on any atom is 0.326 e. The van der Waals surface area contributed by atoms with Gasteiger partial charge in [-0.2, -0.15) is 11.8 Å². The highest BCUT2D eigenvalue weighted by atomic mass is 32.2. The Morgan fingerprint density at radius 2 is 1.00 bits per heavy atom. The highest BCUT2D eigenvalue weighted by molar-refractivity contribution is 7.98. The fraction of sp³-hybridized carbons (Fsp3) is 0.548. The first-order valence-electron chi connectivity index (χ1n) is 32.4. The Hall–Kier alpha value is -10.5. The number of nitrogens with zero attached hydrogens (tertiary/aromatic N) is 1. The van der Waals surface area contributed by atoms with Crippen molar-refractivity contribution in [2.24, 2.45) is 28.9 Å². The molecule has 0 radical (unpaired) electrons. The molecule has 1 aliphatic heterocycles. The van der Waals surface area contributed by atoms with Gasteiger partial charge in [-0.25, -0.2) is 4.79 Å². The smallest absolute Gasteiger partial charge is 0.326 e. The summed E-state index contributed by atoms with van der Waals surface area (Å²) in [6, 6.07) is 2.40. The molecule has 27 N–H and O–H groups in total. The van der Waals surface area contributed by atoms with E-state index >= 15 is 0 Å². The van der Waals surface area contributed by atoms with Crippen LogP contribution in [-0.4, -0.2) is 227 Å². The van der Waals surface area contributed by atoms with Crippen LogP contribution in [0.5, 0.6) is 5.75 Å². The third-order valence-electron chi connectivity index (χ3n) is 15.4. The van der Waals surface area contributed by atoms with Crippen molar-refractivity contribution in [2.45, 2.75) is 152 Å². The van der Waals surface area contributed by atoms with Crippen LogP contribution in [0, 0.1) is 22.1 Å². The lowest BCUT2D eigenvalue weighted by molar-refractivity contribution is -0.145. The van der Waals surface area contributed by atoms with Crippen molar-refractivity contribution < 1.29 is 77.6 Å². The zero-order valence-corrected chi connectivity index (χ0v) is 56.9. The highest BCUT2D eigenvalue weighted by Crippen LogP contribution is 2.21. The van der Waals surface area contributed by atoms with E-state index in [0.29, 0.717) is 23.3 Å². The Kier molecular flexibility index (Phi) is 37.2. The van der Waals surface area contributed by atoms with E-state index < -0.39 is 182 Å². The standard InChI is InChI=1S/C62H97N21O16S/c1-34(2)50(57(96)75-33-48(87)76-42(15-9-26-72-62(68)69)58(97)83-27-10-16-45(83)56(95)81-43(59(98)99)21-22-49(88)89)82-54(93)40(14-8-25-71-61(66)67)79-52(91)39(13-7-24-70-60(64)65)78-53(92)41(23-28-100-3)80-55(94)44(30-35-11-5-4-6-12-35)77-47(86)32-73-46(85)31-74-51(90)38(63)29-36-17-19-37(84)20-18-36/h4-6,11-12,17-20,34,38-45,50,84H,7-10,13-16,21-33,63H2,1-3H3,(H,73,85)(H,74,90)(H,75,96)(H,76,87)(H,77,86)(H,78,92)(H,79,91)(H,80,94)(H,81,95)(H,82,93)(H,88,89)(H,98,99)(H4,64,65,70)(H4,66,67,71)(H4,68,69,72)/t38-,39-,40-,41-,42-,43-,44-,45-,50-/m0/s1. The monoisotopic (exact) mass is 1420 g/mol. The van der Waals surface area contributed by atoms with E-state index in [1.54, 1.807) is 62.6 Å². The number of likely N-dealkylation sites (tertiary alicyclic amines) is 1. The molecule has 552 valence electrons. The van der Waals surface area contributed by atoms with Gasteiger partial charge in [-0.3, -0.25) is 73.8 Å². The predicted octanol–water partition coefficient (Wildman–Crippen LogP) is -5.61. The summed E-state index contributed by atoms with van der Waals surface area (Å²) < 4.78 is 0. The number of amides is 11. The zero-order chi connectivity index (χ0) is 74.4. The maximum absolute atomic E-state index is 14.6. The van der Waals surface area contributed by atoms with Crippen LogP contribution in [0.4, 0.5) is 0 Å². The number of aliphatic carboxylic acids is 2. The maximum atomic E-state index is 14.6. The van der Waals surface area contributed by atoms with E-state index in [0.717, 1.165) is 4.90 Å². The number of guanidine groups is 3. The molecule has 0 aliphatic carbocycles. The first kappa shape index (κ1) is 83.7. The number of hydrogen-bond acceptors (Lipinski definition) is 19. The lowest BCUT2D eigenvalue weighted by Gasteiger charge is -2.30. The van der Waals surface area contributed by atoms with Crippen LogP contribution in [0.1, 0.15) is 95.6 Å². The molecule has 37 nitrogen and oxygen atoms in total. The molecule has 100 heavy (non-hydrogen) atoms. The van der Waals surface area contributed by atoms with Gasteiger partial charge in [0.25, 0.3) is 0 Å². The average molecular weight is 1420 g/mol. The third-order valence-corrected chi connectivity index (χ3v) is 16.0. The van der Waals surface area contributed by atoms with Crippen molar-refractivity contribution in [3.05, 3.63) is 65.7 Å². The van der Waals surface area contributed by atoms with Crippen molar-refractivity contribution in [3.63, 3.8) is 0 Å². The van der Waals surface area contributed by atoms with E-state index in [1.807, 2.05) is 0 Å². The Balaban J connectivity index is 1.83. The van der Waals surface area contributed by atoms with Gasteiger partial charge in [-0.15, -0.1) is 0 Å². The first-order chi connectivity index (χ1) is 47.4. The molecule has 2 aromatic carbocycles. The summed E-state index contributed by atoms with van der Waals surface area (Å²) in [5, 5.41) is 84.2. The van der Waals surface area contributed by atoms with Crippen LogP contribution in [-0.2, 0) is 75.2 Å². The summed E-state index contributed by atoms with van der Waals surface area (Å²) in [6.45, 7) is 1.39. The number of carboxylic acid groups (broad SMARTS) is 2. The van der Waals surface area contributed by atoms with Crippen molar-refractivity contribution in [1.82, 2.24) is 74.0 Å². The molecule has 0 unspecified atom stereocenters. The minimum Gasteiger partial charge on any atom is -0.508 e. The number of aromatic hydroxyl groups is 1. The SMILES string of the molecule is CSCC[C@H](NC(=O)[C@H](Cc1ccccc1)NC(=O)CNC(=O)CNC(=O)[C@@H](N)Cc1ccc(O)cc1)C(=O)N[C@@H](CCCNC(=N)N)C(=O)N[C@@H](CCCNC(=N)N)C(=O)N[C@H](C(=O)NCC(=O)N[C@@H](CCCNC(=N)N)C(=O)N1CCC[C@H]1C(=O)N[C@@H](CCC(=O)O)C(=O)O)C(C)C. The van der Waals surface area contributed by atoms with E-state index in [-0.39, 0.29) is 102 Å². The molecule has 1 saturated heterocycles. The Morgan fingerprint density at radius 3 is 1.51 bits per heavy atom. The van der Waals surface area contributed by atoms with Gasteiger partial charge in [-0.05, 0) is 112 Å². The molecular weight excluding hydrogens is 1330 g/mol. The minimum atomic E-state index is -1.58. The number of carbonyl (C=O) groups excluding carboxylic acids is 11. The molecule has 0 saturated carbocycles. The van der Waals surface area contributed by atoms with Crippen LogP contribution < -0.4 is 92.1 Å². The lowest BCUT2D eigenvalue weighted by Crippen LogP contribution is -2.60.